The predicted molar refractivity (Wildman–Crippen MR) is 84.1 cm³/mol. The van der Waals surface area contributed by atoms with Crippen LogP contribution in [-0.2, 0) is 28.9 Å². The van der Waals surface area contributed by atoms with E-state index in [2.05, 4.69) is 17.2 Å². The zero-order valence-corrected chi connectivity index (χ0v) is 13.8. The lowest BCUT2D eigenvalue weighted by Gasteiger charge is -2.17. The maximum absolute atomic E-state index is 12.6. The molecule has 0 unspecified atom stereocenters. The highest BCUT2D eigenvalue weighted by Gasteiger charge is 2.24. The Bertz CT molecular complexity index is 778. The number of carbonyl (C=O) groups is 1. The van der Waals surface area contributed by atoms with E-state index < -0.39 is 5.97 Å². The van der Waals surface area contributed by atoms with Gasteiger partial charge in [-0.05, 0) is 44.6 Å². The summed E-state index contributed by atoms with van der Waals surface area (Å²) in [4.78, 5) is 26.3. The number of ether oxygens (including phenoxy) is 1. The van der Waals surface area contributed by atoms with Crippen LogP contribution in [0.5, 0.6) is 0 Å². The molecule has 1 aliphatic carbocycles. The molecule has 0 amide bonds. The van der Waals surface area contributed by atoms with Crippen molar-refractivity contribution in [2.45, 2.75) is 52.7 Å². The van der Waals surface area contributed by atoms with Crippen molar-refractivity contribution in [3.8, 4) is 0 Å². The monoisotopic (exact) mass is 321 g/mol. The van der Waals surface area contributed by atoms with Gasteiger partial charge in [-0.25, -0.2) is 0 Å². The fraction of sp³-hybridized carbons (Fsp3) is 0.600. The highest BCUT2D eigenvalue weighted by molar-refractivity contribution is 7.18. The average Bonchev–Trinajstić information content (AvgIpc) is 2.79. The van der Waals surface area contributed by atoms with Crippen LogP contribution in [0.4, 0.5) is 0 Å². The Hall–Kier alpha value is -1.76. The number of esters is 1. The van der Waals surface area contributed by atoms with E-state index in [0.717, 1.165) is 29.5 Å². The van der Waals surface area contributed by atoms with Crippen LogP contribution in [0, 0.1) is 5.92 Å². The van der Waals surface area contributed by atoms with Gasteiger partial charge in [-0.1, -0.05) is 12.1 Å². The lowest BCUT2D eigenvalue weighted by molar-refractivity contribution is -0.148. The van der Waals surface area contributed by atoms with Crippen molar-refractivity contribution < 1.29 is 9.53 Å². The van der Waals surface area contributed by atoms with E-state index in [4.69, 9.17) is 4.74 Å². The summed E-state index contributed by atoms with van der Waals surface area (Å²) in [5, 5.41) is 8.65. The molecule has 22 heavy (non-hydrogen) atoms. The molecule has 0 radical (unpaired) electrons. The van der Waals surface area contributed by atoms with E-state index in [1.165, 1.54) is 4.88 Å². The van der Waals surface area contributed by atoms with Gasteiger partial charge in [-0.3, -0.25) is 9.59 Å². The molecule has 0 saturated carbocycles. The molecule has 3 rings (SSSR count). The fourth-order valence-corrected chi connectivity index (χ4v) is 4.14. The zero-order chi connectivity index (χ0) is 15.9. The first-order valence-corrected chi connectivity index (χ1v) is 8.35. The summed E-state index contributed by atoms with van der Waals surface area (Å²) in [7, 11) is 0. The predicted octanol–water partition coefficient (Wildman–Crippen LogP) is 1.93. The molecule has 0 aromatic carbocycles. The van der Waals surface area contributed by atoms with Gasteiger partial charge in [0.1, 0.15) is 6.54 Å². The van der Waals surface area contributed by atoms with Gasteiger partial charge < -0.3 is 4.74 Å². The van der Waals surface area contributed by atoms with Gasteiger partial charge >= 0.3 is 5.97 Å². The summed E-state index contributed by atoms with van der Waals surface area (Å²) in [6, 6.07) is 0. The molecular weight excluding hydrogens is 302 g/mol. The van der Waals surface area contributed by atoms with Crippen LogP contribution in [0.15, 0.2) is 4.79 Å². The molecule has 2 heterocycles. The van der Waals surface area contributed by atoms with Gasteiger partial charge in [-0.2, -0.15) is 4.68 Å². The molecule has 0 spiro atoms. The third-order valence-electron chi connectivity index (χ3n) is 3.83. The van der Waals surface area contributed by atoms with Crippen LogP contribution in [0.25, 0.3) is 10.2 Å². The van der Waals surface area contributed by atoms with Crippen molar-refractivity contribution in [1.82, 2.24) is 15.0 Å². The SMILES string of the molecule is CC(C)OC(=O)Cn1nnc2sc3c(c2c1=O)CC[C@H](C)C3. The minimum absolute atomic E-state index is 0.193. The molecule has 118 valence electrons. The van der Waals surface area contributed by atoms with E-state index in [1.54, 1.807) is 25.2 Å². The lowest BCUT2D eigenvalue weighted by Crippen LogP contribution is -2.29. The second kappa shape index (κ2) is 5.79. The highest BCUT2D eigenvalue weighted by atomic mass is 32.1. The second-order valence-corrected chi connectivity index (χ2v) is 7.21. The normalized spacial score (nSPS) is 17.7. The Kier molecular flexibility index (Phi) is 3.99. The molecule has 0 aliphatic heterocycles. The molecule has 1 aliphatic rings. The van der Waals surface area contributed by atoms with Crippen LogP contribution < -0.4 is 5.56 Å². The Morgan fingerprint density at radius 2 is 2.27 bits per heavy atom. The number of nitrogens with zero attached hydrogens (tertiary/aromatic N) is 3. The quantitative estimate of drug-likeness (QED) is 0.808. The van der Waals surface area contributed by atoms with E-state index in [1.807, 2.05) is 0 Å². The topological polar surface area (TPSA) is 74.1 Å². The summed E-state index contributed by atoms with van der Waals surface area (Å²) in [5.41, 5.74) is 0.863. The van der Waals surface area contributed by atoms with Crippen molar-refractivity contribution in [2.75, 3.05) is 0 Å². The Morgan fingerprint density at radius 3 is 3.00 bits per heavy atom. The molecule has 2 aromatic rings. The third-order valence-corrected chi connectivity index (χ3v) is 4.97. The van der Waals surface area contributed by atoms with Crippen molar-refractivity contribution in [3.63, 3.8) is 0 Å². The van der Waals surface area contributed by atoms with Crippen LogP contribution in [-0.4, -0.2) is 27.1 Å². The van der Waals surface area contributed by atoms with Crippen LogP contribution in [0.2, 0.25) is 0 Å². The maximum Gasteiger partial charge on any atom is 0.328 e. The summed E-state index contributed by atoms with van der Waals surface area (Å²) in [6.07, 6.45) is 2.75. The molecule has 0 N–H and O–H groups in total. The number of aromatic nitrogens is 3. The minimum atomic E-state index is -0.469. The largest absolute Gasteiger partial charge is 0.462 e. The number of aryl methyl sites for hydroxylation is 1. The number of fused-ring (bicyclic) bond motifs is 3. The number of carbonyl (C=O) groups excluding carboxylic acids is 1. The first-order valence-electron chi connectivity index (χ1n) is 7.53. The van der Waals surface area contributed by atoms with Crippen molar-refractivity contribution >= 4 is 27.5 Å². The molecule has 7 heteroatoms. The fourth-order valence-electron chi connectivity index (χ4n) is 2.82. The second-order valence-electron chi connectivity index (χ2n) is 6.12. The number of thiophene rings is 1. The Morgan fingerprint density at radius 1 is 1.50 bits per heavy atom. The first kappa shape index (κ1) is 15.1. The summed E-state index contributed by atoms with van der Waals surface area (Å²) >= 11 is 1.55. The van der Waals surface area contributed by atoms with Crippen molar-refractivity contribution in [2.24, 2.45) is 5.92 Å². The standard InChI is InChI=1S/C15H19N3O3S/c1-8(2)21-12(19)7-18-15(20)13-10-5-4-9(3)6-11(10)22-14(13)16-17-18/h8-9H,4-7H2,1-3H3/t9-/m0/s1. The minimum Gasteiger partial charge on any atom is -0.462 e. The maximum atomic E-state index is 12.6. The zero-order valence-electron chi connectivity index (χ0n) is 13.0. The molecule has 0 saturated heterocycles. The highest BCUT2D eigenvalue weighted by Crippen LogP contribution is 2.35. The van der Waals surface area contributed by atoms with Gasteiger partial charge in [0.25, 0.3) is 5.56 Å². The number of rotatable bonds is 3. The third kappa shape index (κ3) is 2.77. The average molecular weight is 321 g/mol. The Balaban J connectivity index is 1.99. The molecule has 0 bridgehead atoms. The first-order chi connectivity index (χ1) is 10.5. The number of hydrogen-bond donors (Lipinski definition) is 0. The van der Waals surface area contributed by atoms with E-state index in [9.17, 15) is 9.59 Å². The summed E-state index contributed by atoms with van der Waals surface area (Å²) < 4.78 is 6.17. The molecule has 2 aromatic heterocycles. The van der Waals surface area contributed by atoms with Crippen LogP contribution in [0.3, 0.4) is 0 Å². The molecule has 0 fully saturated rings. The van der Waals surface area contributed by atoms with Crippen molar-refractivity contribution in [3.05, 3.63) is 20.8 Å². The van der Waals surface area contributed by atoms with E-state index >= 15 is 0 Å². The smallest absolute Gasteiger partial charge is 0.328 e. The van der Waals surface area contributed by atoms with Gasteiger partial charge in [0.05, 0.1) is 11.5 Å². The van der Waals surface area contributed by atoms with Crippen LogP contribution in [0.1, 0.15) is 37.6 Å². The van der Waals surface area contributed by atoms with Gasteiger partial charge in [0.15, 0.2) is 4.83 Å². The number of hydrogen-bond acceptors (Lipinski definition) is 6. The lowest BCUT2D eigenvalue weighted by atomic mass is 9.89. The molecule has 6 nitrogen and oxygen atoms in total. The van der Waals surface area contributed by atoms with Gasteiger partial charge in [-0.15, -0.1) is 16.4 Å². The van der Waals surface area contributed by atoms with Crippen LogP contribution >= 0.6 is 11.3 Å². The van der Waals surface area contributed by atoms with E-state index in [0.29, 0.717) is 16.1 Å². The van der Waals surface area contributed by atoms with Crippen molar-refractivity contribution in [1.29, 1.82) is 0 Å². The summed E-state index contributed by atoms with van der Waals surface area (Å²) in [6.45, 7) is 5.57. The summed E-state index contributed by atoms with van der Waals surface area (Å²) in [5.74, 6) is 0.167. The van der Waals surface area contributed by atoms with Gasteiger partial charge in [0, 0.05) is 4.88 Å². The Labute approximate surface area is 132 Å². The molecule has 1 atom stereocenters. The van der Waals surface area contributed by atoms with E-state index in [-0.39, 0.29) is 18.2 Å². The van der Waals surface area contributed by atoms with Gasteiger partial charge in [0.2, 0.25) is 0 Å². The molecular formula is C15H19N3O3S.